The molecule has 46 valence electrons. The highest BCUT2D eigenvalue weighted by molar-refractivity contribution is 5.73. The predicted molar refractivity (Wildman–Crippen MR) is 28.7 cm³/mol. The second-order valence-corrected chi connectivity index (χ2v) is 1.99. The van der Waals surface area contributed by atoms with Crippen LogP contribution < -0.4 is 5.32 Å². The van der Waals surface area contributed by atoms with Gasteiger partial charge in [0.05, 0.1) is 0 Å². The molecule has 3 heteroatoms. The third-order valence-corrected chi connectivity index (χ3v) is 1.36. The molecule has 0 aromatic carbocycles. The van der Waals surface area contributed by atoms with Crippen LogP contribution in [0.1, 0.15) is 12.8 Å². The van der Waals surface area contributed by atoms with E-state index in [1.807, 2.05) is 0 Å². The van der Waals surface area contributed by atoms with E-state index in [0.29, 0.717) is 0 Å². The fourth-order valence-corrected chi connectivity index (χ4v) is 0.895. The first kappa shape index (κ1) is 5.56. The Kier molecular flexibility index (Phi) is 1.48. The van der Waals surface area contributed by atoms with E-state index in [0.717, 1.165) is 19.4 Å². The molecule has 1 aliphatic rings. The zero-order valence-corrected chi connectivity index (χ0v) is 4.55. The van der Waals surface area contributed by atoms with E-state index in [1.54, 1.807) is 0 Å². The normalized spacial score (nSPS) is 28.2. The van der Waals surface area contributed by atoms with E-state index >= 15 is 0 Å². The minimum absolute atomic E-state index is 0.269. The smallest absolute Gasteiger partial charge is 0.320 e. The lowest BCUT2D eigenvalue weighted by Crippen LogP contribution is -2.29. The van der Waals surface area contributed by atoms with Crippen LogP contribution in [0.3, 0.4) is 0 Å². The summed E-state index contributed by atoms with van der Waals surface area (Å²) >= 11 is 0. The monoisotopic (exact) mass is 118 g/mol. The molecule has 1 saturated heterocycles. The molecule has 0 radical (unpaired) electrons. The molecule has 0 saturated carbocycles. The van der Waals surface area contributed by atoms with E-state index in [-0.39, 0.29) is 6.04 Å². The van der Waals surface area contributed by atoms with Crippen LogP contribution in [0.4, 0.5) is 0 Å². The summed E-state index contributed by atoms with van der Waals surface area (Å²) < 4.78 is 0. The van der Waals surface area contributed by atoms with E-state index in [2.05, 4.69) is 5.32 Å². The quantitative estimate of drug-likeness (QED) is 0.371. The van der Waals surface area contributed by atoms with Crippen LogP contribution in [0.5, 0.6) is 0 Å². The first-order valence-corrected chi connectivity index (χ1v) is 2.77. The van der Waals surface area contributed by atoms with Crippen molar-refractivity contribution >= 4 is 5.97 Å². The summed E-state index contributed by atoms with van der Waals surface area (Å²) in [6.45, 7) is 0.858. The van der Waals surface area contributed by atoms with Gasteiger partial charge < -0.3 is 10.4 Å². The van der Waals surface area contributed by atoms with Crippen molar-refractivity contribution in [3.05, 3.63) is 0 Å². The molecule has 2 N–H and O–H groups in total. The Morgan fingerprint density at radius 3 is 2.75 bits per heavy atom. The van der Waals surface area contributed by atoms with Crippen molar-refractivity contribution < 1.29 is 9.90 Å². The van der Waals surface area contributed by atoms with Gasteiger partial charge in [0.1, 0.15) is 6.04 Å². The number of hydrogen-bond donors (Lipinski definition) is 2. The highest BCUT2D eigenvalue weighted by Crippen LogP contribution is 2.03. The van der Waals surface area contributed by atoms with E-state index in [9.17, 15) is 4.79 Å². The maximum Gasteiger partial charge on any atom is 0.320 e. The van der Waals surface area contributed by atoms with Gasteiger partial charge in [-0.2, -0.15) is 0 Å². The molecule has 3 nitrogen and oxygen atoms in total. The lowest BCUT2D eigenvalue weighted by Gasteiger charge is -1.99. The summed E-state index contributed by atoms with van der Waals surface area (Å²) in [5.74, 6) is -0.720. The van der Waals surface area contributed by atoms with Gasteiger partial charge in [0, 0.05) is 0 Å². The van der Waals surface area contributed by atoms with E-state index in [4.69, 9.17) is 5.11 Å². The van der Waals surface area contributed by atoms with Crippen molar-refractivity contribution in [1.29, 1.82) is 0 Å². The van der Waals surface area contributed by atoms with Gasteiger partial charge in [-0.1, -0.05) is 0 Å². The number of hydrogen-bond acceptors (Lipinski definition) is 2. The first-order chi connectivity index (χ1) is 3.80. The SMILES string of the molecule is O=[13C](O)[13C@@H]1CCC[15NH]1. The molecule has 1 aliphatic heterocycles. The molecule has 1 fully saturated rings. The number of carboxylic acids is 1. The van der Waals surface area contributed by atoms with Crippen LogP contribution in [-0.4, -0.2) is 23.7 Å². The summed E-state index contributed by atoms with van der Waals surface area (Å²) in [4.78, 5) is 10.1. The summed E-state index contributed by atoms with van der Waals surface area (Å²) in [5, 5.41) is 11.2. The molecule has 0 bridgehead atoms. The van der Waals surface area contributed by atoms with Gasteiger partial charge in [0.2, 0.25) is 0 Å². The van der Waals surface area contributed by atoms with Crippen LogP contribution in [0.15, 0.2) is 0 Å². The van der Waals surface area contributed by atoms with Crippen molar-refractivity contribution in [3.8, 4) is 0 Å². The number of carboxylic acid groups (broad SMARTS) is 1. The second-order valence-electron chi connectivity index (χ2n) is 1.99. The topological polar surface area (TPSA) is 49.3 Å². The fraction of sp³-hybridized carbons (Fsp3) is 0.800. The zero-order valence-electron chi connectivity index (χ0n) is 4.55. The molecule has 1 heterocycles. The third kappa shape index (κ3) is 0.980. The van der Waals surface area contributed by atoms with Crippen molar-refractivity contribution in [1.82, 2.24) is 5.32 Å². The van der Waals surface area contributed by atoms with Gasteiger partial charge in [-0.05, 0) is 19.4 Å². The Hall–Kier alpha value is -0.570. The predicted octanol–water partition coefficient (Wildman–Crippen LogP) is -0.177. The van der Waals surface area contributed by atoms with Gasteiger partial charge in [0.25, 0.3) is 0 Å². The number of nitrogens with one attached hydrogen (secondary N) is 1. The molecule has 0 aromatic heterocycles. The molecular formula is C5H9NO2. The minimum Gasteiger partial charge on any atom is -0.480 e. The van der Waals surface area contributed by atoms with Crippen LogP contribution in [0.2, 0.25) is 0 Å². The summed E-state index contributed by atoms with van der Waals surface area (Å²) in [7, 11) is 0. The largest absolute Gasteiger partial charge is 0.480 e. The Bertz CT molecular complexity index is 96.6. The van der Waals surface area contributed by atoms with Crippen LogP contribution >= 0.6 is 0 Å². The summed E-state index contributed by atoms with van der Waals surface area (Å²) in [6, 6.07) is -0.269. The molecule has 0 spiro atoms. The van der Waals surface area contributed by atoms with Gasteiger partial charge in [0.15, 0.2) is 0 Å². The van der Waals surface area contributed by atoms with Crippen molar-refractivity contribution in [3.63, 3.8) is 0 Å². The maximum atomic E-state index is 10.1. The number of aliphatic carboxylic acids is 1. The van der Waals surface area contributed by atoms with E-state index < -0.39 is 5.97 Å². The van der Waals surface area contributed by atoms with Crippen LogP contribution in [-0.2, 0) is 4.79 Å². The Labute approximate surface area is 47.7 Å². The van der Waals surface area contributed by atoms with Gasteiger partial charge in [-0.15, -0.1) is 0 Å². The van der Waals surface area contributed by atoms with Crippen molar-refractivity contribution in [2.75, 3.05) is 6.54 Å². The highest BCUT2D eigenvalue weighted by Gasteiger charge is 2.20. The first-order valence-electron chi connectivity index (χ1n) is 2.77. The lowest BCUT2D eigenvalue weighted by molar-refractivity contribution is -0.139. The molecule has 0 aliphatic carbocycles. The van der Waals surface area contributed by atoms with Crippen molar-refractivity contribution in [2.45, 2.75) is 18.9 Å². The average Bonchev–Trinajstić information content (AvgIpc) is 2.12. The summed E-state index contributed by atoms with van der Waals surface area (Å²) in [6.07, 6.45) is 1.78. The Morgan fingerprint density at radius 1 is 1.75 bits per heavy atom. The van der Waals surface area contributed by atoms with Gasteiger partial charge in [-0.3, -0.25) is 4.79 Å². The van der Waals surface area contributed by atoms with Crippen LogP contribution in [0, 0.1) is 0 Å². The number of rotatable bonds is 1. The minimum atomic E-state index is -0.720. The molecule has 8 heavy (non-hydrogen) atoms. The Morgan fingerprint density at radius 2 is 2.50 bits per heavy atom. The second kappa shape index (κ2) is 2.13. The Balaban J connectivity index is 2.35. The molecule has 0 amide bonds. The van der Waals surface area contributed by atoms with Crippen molar-refractivity contribution in [2.24, 2.45) is 0 Å². The molecule has 0 aromatic rings. The van der Waals surface area contributed by atoms with Gasteiger partial charge in [-0.25, -0.2) is 0 Å². The van der Waals surface area contributed by atoms with E-state index in [1.165, 1.54) is 0 Å². The standard InChI is InChI=1S/C5H9NO2/c7-5(8)4-2-1-3-6-4/h4,6H,1-3H2,(H,7,8)/t4-/m0/s1/i4+1,5+1,6+1. The molecule has 0 unspecified atom stereocenters. The maximum absolute atomic E-state index is 10.1. The average molecular weight is 118 g/mol. The zero-order chi connectivity index (χ0) is 5.98. The lowest BCUT2D eigenvalue weighted by atomic mass is 10.4. The molecule has 1 atom stereocenters. The summed E-state index contributed by atoms with van der Waals surface area (Å²) in [5.41, 5.74) is 0. The van der Waals surface area contributed by atoms with Gasteiger partial charge >= 0.3 is 5.97 Å². The third-order valence-electron chi connectivity index (χ3n) is 1.36. The fourth-order valence-electron chi connectivity index (χ4n) is 0.895. The highest BCUT2D eigenvalue weighted by atomic mass is 16.5. The number of carbonyl (C=O) groups is 1. The molecular weight excluding hydrogens is 109 g/mol. The molecule has 1 rings (SSSR count). The van der Waals surface area contributed by atoms with Crippen LogP contribution in [0.25, 0.3) is 0 Å².